The third-order valence-electron chi connectivity index (χ3n) is 4.81. The van der Waals surface area contributed by atoms with Crippen molar-refractivity contribution < 1.29 is 14.3 Å². The highest BCUT2D eigenvalue weighted by atomic mass is 16.5. The highest BCUT2D eigenvalue weighted by Crippen LogP contribution is 2.27. The van der Waals surface area contributed by atoms with Gasteiger partial charge < -0.3 is 10.1 Å². The van der Waals surface area contributed by atoms with E-state index in [1.807, 2.05) is 72.8 Å². The smallest absolute Gasteiger partial charge is 0.262 e. The van der Waals surface area contributed by atoms with E-state index in [0.717, 1.165) is 16.8 Å². The molecular weight excluding hydrogens is 386 g/mol. The van der Waals surface area contributed by atoms with Crippen LogP contribution in [0.3, 0.4) is 0 Å². The molecular formula is C27H21NO3. The molecule has 0 heterocycles. The Labute approximate surface area is 181 Å². The van der Waals surface area contributed by atoms with Gasteiger partial charge in [0, 0.05) is 22.4 Å². The first-order chi connectivity index (χ1) is 15.2. The molecule has 0 saturated carbocycles. The van der Waals surface area contributed by atoms with Crippen molar-refractivity contribution >= 4 is 17.4 Å². The summed E-state index contributed by atoms with van der Waals surface area (Å²) in [6, 6.07) is 33.4. The van der Waals surface area contributed by atoms with Gasteiger partial charge in [0.1, 0.15) is 5.75 Å². The molecule has 0 aliphatic rings. The number of benzene rings is 4. The number of nitrogens with one attached hydrogen (secondary N) is 1. The number of hydrogen-bond donors (Lipinski definition) is 1. The zero-order chi connectivity index (χ0) is 21.5. The van der Waals surface area contributed by atoms with Crippen molar-refractivity contribution in [3.8, 4) is 16.9 Å². The van der Waals surface area contributed by atoms with Crippen molar-refractivity contribution in [2.45, 2.75) is 0 Å². The monoisotopic (exact) mass is 407 g/mol. The molecule has 4 aromatic carbocycles. The van der Waals surface area contributed by atoms with Crippen LogP contribution in [0, 0.1) is 0 Å². The number of amides is 1. The minimum atomic E-state index is -0.257. The van der Waals surface area contributed by atoms with E-state index in [9.17, 15) is 9.59 Å². The summed E-state index contributed by atoms with van der Waals surface area (Å²) < 4.78 is 5.60. The van der Waals surface area contributed by atoms with E-state index in [2.05, 4.69) is 5.32 Å². The quantitative estimate of drug-likeness (QED) is 0.406. The van der Waals surface area contributed by atoms with Crippen LogP contribution in [0.4, 0.5) is 5.69 Å². The number of anilines is 1. The van der Waals surface area contributed by atoms with E-state index in [4.69, 9.17) is 4.74 Å². The first-order valence-corrected chi connectivity index (χ1v) is 9.97. The first-order valence-electron chi connectivity index (χ1n) is 9.97. The van der Waals surface area contributed by atoms with Gasteiger partial charge in [-0.25, -0.2) is 0 Å². The average Bonchev–Trinajstić information content (AvgIpc) is 2.84. The standard InChI is InChI=1S/C27H21NO3/c29-26(28-25-14-8-7-13-24(25)20-9-3-1-4-10-20)19-31-23-17-15-22(16-18-23)27(30)21-11-5-2-6-12-21/h1-18H,19H2,(H,28,29). The van der Waals surface area contributed by atoms with Gasteiger partial charge in [0.2, 0.25) is 0 Å². The normalized spacial score (nSPS) is 10.3. The molecule has 152 valence electrons. The van der Waals surface area contributed by atoms with Gasteiger partial charge in [-0.2, -0.15) is 0 Å². The Balaban J connectivity index is 1.37. The Morgan fingerprint density at radius 3 is 1.94 bits per heavy atom. The van der Waals surface area contributed by atoms with Crippen molar-refractivity contribution in [3.63, 3.8) is 0 Å². The molecule has 0 aliphatic carbocycles. The number of carbonyl (C=O) groups is 2. The van der Waals surface area contributed by atoms with E-state index < -0.39 is 0 Å². The summed E-state index contributed by atoms with van der Waals surface area (Å²) in [7, 11) is 0. The Morgan fingerprint density at radius 1 is 0.645 bits per heavy atom. The average molecular weight is 407 g/mol. The molecule has 1 N–H and O–H groups in total. The maximum Gasteiger partial charge on any atom is 0.262 e. The highest BCUT2D eigenvalue weighted by molar-refractivity contribution is 6.09. The third kappa shape index (κ3) is 5.06. The molecule has 0 spiro atoms. The molecule has 1 amide bonds. The van der Waals surface area contributed by atoms with Crippen LogP contribution in [0.15, 0.2) is 109 Å². The van der Waals surface area contributed by atoms with E-state index in [-0.39, 0.29) is 18.3 Å². The van der Waals surface area contributed by atoms with Gasteiger partial charge in [-0.05, 0) is 35.9 Å². The van der Waals surface area contributed by atoms with Gasteiger partial charge >= 0.3 is 0 Å². The van der Waals surface area contributed by atoms with Crippen LogP contribution in [-0.4, -0.2) is 18.3 Å². The molecule has 4 heteroatoms. The zero-order valence-electron chi connectivity index (χ0n) is 16.8. The van der Waals surface area contributed by atoms with E-state index in [1.54, 1.807) is 36.4 Å². The lowest BCUT2D eigenvalue weighted by Gasteiger charge is -2.12. The SMILES string of the molecule is O=C(COc1ccc(C(=O)c2ccccc2)cc1)Nc1ccccc1-c1ccccc1. The van der Waals surface area contributed by atoms with Gasteiger partial charge in [0.05, 0.1) is 0 Å². The van der Waals surface area contributed by atoms with Crippen LogP contribution in [0.1, 0.15) is 15.9 Å². The van der Waals surface area contributed by atoms with Gasteiger partial charge in [-0.3, -0.25) is 9.59 Å². The van der Waals surface area contributed by atoms with E-state index in [0.29, 0.717) is 16.9 Å². The minimum absolute atomic E-state index is 0.0533. The summed E-state index contributed by atoms with van der Waals surface area (Å²) in [5.74, 6) is 0.214. The summed E-state index contributed by atoms with van der Waals surface area (Å²) in [6.07, 6.45) is 0. The summed E-state index contributed by atoms with van der Waals surface area (Å²) in [5, 5.41) is 2.91. The van der Waals surface area contributed by atoms with Gasteiger partial charge in [-0.1, -0.05) is 78.9 Å². The second-order valence-corrected chi connectivity index (χ2v) is 6.97. The second kappa shape index (κ2) is 9.55. The lowest BCUT2D eigenvalue weighted by Crippen LogP contribution is -2.20. The number of carbonyl (C=O) groups excluding carboxylic acids is 2. The second-order valence-electron chi connectivity index (χ2n) is 6.97. The lowest BCUT2D eigenvalue weighted by atomic mass is 10.0. The molecule has 0 saturated heterocycles. The topological polar surface area (TPSA) is 55.4 Å². The fourth-order valence-corrected chi connectivity index (χ4v) is 3.26. The molecule has 0 aliphatic heterocycles. The number of ketones is 1. The molecule has 0 bridgehead atoms. The summed E-state index contributed by atoms with van der Waals surface area (Å²) in [4.78, 5) is 24.9. The van der Waals surface area contributed by atoms with Crippen molar-refractivity contribution in [1.29, 1.82) is 0 Å². The molecule has 4 rings (SSSR count). The van der Waals surface area contributed by atoms with Gasteiger partial charge in [0.25, 0.3) is 5.91 Å². The largest absolute Gasteiger partial charge is 0.484 e. The van der Waals surface area contributed by atoms with Crippen LogP contribution in [0.25, 0.3) is 11.1 Å². The van der Waals surface area contributed by atoms with Crippen LogP contribution >= 0.6 is 0 Å². The van der Waals surface area contributed by atoms with Crippen molar-refractivity contribution in [1.82, 2.24) is 0 Å². The van der Waals surface area contributed by atoms with E-state index >= 15 is 0 Å². The Bertz CT molecular complexity index is 1170. The lowest BCUT2D eigenvalue weighted by molar-refractivity contribution is -0.118. The Morgan fingerprint density at radius 2 is 1.23 bits per heavy atom. The van der Waals surface area contributed by atoms with Crippen LogP contribution < -0.4 is 10.1 Å². The zero-order valence-corrected chi connectivity index (χ0v) is 16.8. The highest BCUT2D eigenvalue weighted by Gasteiger charge is 2.11. The van der Waals surface area contributed by atoms with E-state index in [1.165, 1.54) is 0 Å². The van der Waals surface area contributed by atoms with Crippen LogP contribution in [-0.2, 0) is 4.79 Å². The van der Waals surface area contributed by atoms with Crippen LogP contribution in [0.2, 0.25) is 0 Å². The summed E-state index contributed by atoms with van der Waals surface area (Å²) in [5.41, 5.74) is 3.90. The molecule has 0 aromatic heterocycles. The Kier molecular flexibility index (Phi) is 6.19. The minimum Gasteiger partial charge on any atom is -0.484 e. The van der Waals surface area contributed by atoms with Gasteiger partial charge in [-0.15, -0.1) is 0 Å². The molecule has 0 radical (unpaired) electrons. The number of hydrogen-bond acceptors (Lipinski definition) is 3. The molecule has 0 unspecified atom stereocenters. The summed E-state index contributed by atoms with van der Waals surface area (Å²) >= 11 is 0. The van der Waals surface area contributed by atoms with Crippen molar-refractivity contribution in [3.05, 3.63) is 120 Å². The molecule has 0 fully saturated rings. The summed E-state index contributed by atoms with van der Waals surface area (Å²) in [6.45, 7) is -0.130. The predicted octanol–water partition coefficient (Wildman–Crippen LogP) is 5.60. The number of ether oxygens (including phenoxy) is 1. The molecule has 4 aromatic rings. The maximum absolute atomic E-state index is 12.5. The molecule has 0 atom stereocenters. The van der Waals surface area contributed by atoms with Crippen molar-refractivity contribution in [2.75, 3.05) is 11.9 Å². The van der Waals surface area contributed by atoms with Crippen LogP contribution in [0.5, 0.6) is 5.75 Å². The van der Waals surface area contributed by atoms with Gasteiger partial charge in [0.15, 0.2) is 12.4 Å². The third-order valence-corrected chi connectivity index (χ3v) is 4.81. The fraction of sp³-hybridized carbons (Fsp3) is 0.0370. The maximum atomic E-state index is 12.5. The number of para-hydroxylation sites is 1. The Hall–Kier alpha value is -4.18. The van der Waals surface area contributed by atoms with Crippen molar-refractivity contribution in [2.24, 2.45) is 0 Å². The molecule has 4 nitrogen and oxygen atoms in total. The molecule has 31 heavy (non-hydrogen) atoms. The fourth-order valence-electron chi connectivity index (χ4n) is 3.26. The first kappa shape index (κ1) is 20.1. The predicted molar refractivity (Wildman–Crippen MR) is 122 cm³/mol. The number of rotatable bonds is 7.